The van der Waals surface area contributed by atoms with Crippen molar-refractivity contribution in [1.82, 2.24) is 4.98 Å². The third-order valence-corrected chi connectivity index (χ3v) is 5.48. The van der Waals surface area contributed by atoms with E-state index in [0.717, 1.165) is 21.3 Å². The number of ether oxygens (including phenoxy) is 2. The molecule has 0 unspecified atom stereocenters. The van der Waals surface area contributed by atoms with E-state index in [4.69, 9.17) is 15.2 Å². The van der Waals surface area contributed by atoms with E-state index in [0.29, 0.717) is 29.1 Å². The number of benzene rings is 2. The molecule has 0 aliphatic rings. The van der Waals surface area contributed by atoms with E-state index < -0.39 is 0 Å². The van der Waals surface area contributed by atoms with Crippen LogP contribution in [0.2, 0.25) is 0 Å². The SMILES string of the molecule is CCOc1cc(C=NNc2nc(N)cs2)c(Br)cc1OCC(=O)Nc1ccccc1C. The van der Waals surface area contributed by atoms with Gasteiger partial charge in [-0.15, -0.1) is 11.3 Å². The molecule has 1 heterocycles. The molecule has 31 heavy (non-hydrogen) atoms. The van der Waals surface area contributed by atoms with Crippen LogP contribution in [0.3, 0.4) is 0 Å². The number of aromatic nitrogens is 1. The summed E-state index contributed by atoms with van der Waals surface area (Å²) in [6.07, 6.45) is 1.62. The number of carbonyl (C=O) groups is 1. The summed E-state index contributed by atoms with van der Waals surface area (Å²) in [4.78, 5) is 16.4. The molecule has 162 valence electrons. The van der Waals surface area contributed by atoms with E-state index in [1.165, 1.54) is 11.3 Å². The number of carbonyl (C=O) groups excluding carboxylic acids is 1. The molecule has 0 radical (unpaired) electrons. The van der Waals surface area contributed by atoms with Crippen LogP contribution in [-0.2, 0) is 4.79 Å². The molecule has 2 aromatic carbocycles. The van der Waals surface area contributed by atoms with E-state index in [-0.39, 0.29) is 12.5 Å². The number of thiazole rings is 1. The van der Waals surface area contributed by atoms with Gasteiger partial charge in [-0.2, -0.15) is 5.10 Å². The Kier molecular flexibility index (Phi) is 7.85. The summed E-state index contributed by atoms with van der Waals surface area (Å²) in [5.41, 5.74) is 10.9. The maximum atomic E-state index is 12.3. The average molecular weight is 504 g/mol. The molecular formula is C21H22BrN5O3S. The van der Waals surface area contributed by atoms with Crippen LogP contribution in [0.5, 0.6) is 11.5 Å². The molecule has 0 spiro atoms. The summed E-state index contributed by atoms with van der Waals surface area (Å²) in [5, 5.41) is 9.33. The number of nitrogen functional groups attached to an aromatic ring is 1. The van der Waals surface area contributed by atoms with Crippen molar-refractivity contribution in [1.29, 1.82) is 0 Å². The number of halogens is 1. The summed E-state index contributed by atoms with van der Waals surface area (Å²) in [6, 6.07) is 11.1. The van der Waals surface area contributed by atoms with Gasteiger partial charge < -0.3 is 20.5 Å². The smallest absolute Gasteiger partial charge is 0.262 e. The maximum Gasteiger partial charge on any atom is 0.262 e. The first kappa shape index (κ1) is 22.6. The van der Waals surface area contributed by atoms with Crippen molar-refractivity contribution in [3.05, 3.63) is 57.4 Å². The molecule has 0 saturated carbocycles. The second-order valence-electron chi connectivity index (χ2n) is 6.35. The molecule has 0 aliphatic heterocycles. The molecule has 0 atom stereocenters. The number of para-hydroxylation sites is 1. The van der Waals surface area contributed by atoms with E-state index in [1.807, 2.05) is 38.1 Å². The number of amides is 1. The number of nitrogens with two attached hydrogens (primary N) is 1. The first-order valence-corrected chi connectivity index (χ1v) is 11.1. The topological polar surface area (TPSA) is 111 Å². The van der Waals surface area contributed by atoms with Gasteiger partial charge in [-0.25, -0.2) is 4.98 Å². The summed E-state index contributed by atoms with van der Waals surface area (Å²) in [5.74, 6) is 1.14. The monoisotopic (exact) mass is 503 g/mol. The summed E-state index contributed by atoms with van der Waals surface area (Å²) in [7, 11) is 0. The highest BCUT2D eigenvalue weighted by Gasteiger charge is 2.13. The number of rotatable bonds is 9. The zero-order chi connectivity index (χ0) is 22.2. The van der Waals surface area contributed by atoms with Gasteiger partial charge >= 0.3 is 0 Å². The fourth-order valence-electron chi connectivity index (χ4n) is 2.57. The largest absolute Gasteiger partial charge is 0.490 e. The minimum Gasteiger partial charge on any atom is -0.490 e. The van der Waals surface area contributed by atoms with Crippen LogP contribution < -0.4 is 25.9 Å². The first-order valence-electron chi connectivity index (χ1n) is 9.41. The Balaban J connectivity index is 1.67. The lowest BCUT2D eigenvalue weighted by molar-refractivity contribution is -0.118. The number of aryl methyl sites for hydroxylation is 1. The molecule has 3 aromatic rings. The Labute approximate surface area is 192 Å². The number of nitrogens with one attached hydrogen (secondary N) is 2. The second-order valence-corrected chi connectivity index (χ2v) is 8.07. The minimum absolute atomic E-state index is 0.151. The highest BCUT2D eigenvalue weighted by molar-refractivity contribution is 9.10. The third kappa shape index (κ3) is 6.43. The standard InChI is InChI=1S/C21H22BrN5O3S/c1-3-29-17-8-14(10-24-27-21-26-19(23)12-31-21)15(22)9-18(17)30-11-20(28)25-16-7-5-4-6-13(16)2/h4-10,12H,3,11,23H2,1-2H3,(H,25,28)(H,26,27). The first-order chi connectivity index (χ1) is 15.0. The molecule has 0 bridgehead atoms. The Bertz CT molecular complexity index is 1090. The predicted molar refractivity (Wildman–Crippen MR) is 128 cm³/mol. The summed E-state index contributed by atoms with van der Waals surface area (Å²) < 4.78 is 12.1. The molecule has 4 N–H and O–H groups in total. The lowest BCUT2D eigenvalue weighted by atomic mass is 10.2. The average Bonchev–Trinajstić information content (AvgIpc) is 3.16. The van der Waals surface area contributed by atoms with Crippen molar-refractivity contribution in [2.75, 3.05) is 29.7 Å². The predicted octanol–water partition coefficient (Wildman–Crippen LogP) is 4.66. The number of hydrogen-bond acceptors (Lipinski definition) is 8. The zero-order valence-corrected chi connectivity index (χ0v) is 19.4. The molecule has 0 saturated heterocycles. The highest BCUT2D eigenvalue weighted by atomic mass is 79.9. The van der Waals surface area contributed by atoms with Gasteiger partial charge in [0.2, 0.25) is 5.13 Å². The number of nitrogens with zero attached hydrogens (tertiary/aromatic N) is 2. The number of anilines is 3. The van der Waals surface area contributed by atoms with Gasteiger partial charge in [-0.1, -0.05) is 18.2 Å². The van der Waals surface area contributed by atoms with Crippen LogP contribution >= 0.6 is 27.3 Å². The van der Waals surface area contributed by atoms with E-state index >= 15 is 0 Å². The molecule has 0 aliphatic carbocycles. The zero-order valence-electron chi connectivity index (χ0n) is 17.0. The van der Waals surface area contributed by atoms with Crippen molar-refractivity contribution in [2.45, 2.75) is 13.8 Å². The lowest BCUT2D eigenvalue weighted by Crippen LogP contribution is -2.21. The number of hydrogen-bond donors (Lipinski definition) is 3. The van der Waals surface area contributed by atoms with E-state index in [1.54, 1.807) is 23.7 Å². The van der Waals surface area contributed by atoms with Crippen molar-refractivity contribution in [2.24, 2.45) is 5.10 Å². The second kappa shape index (κ2) is 10.8. The molecule has 8 nitrogen and oxygen atoms in total. The van der Waals surface area contributed by atoms with E-state index in [9.17, 15) is 4.79 Å². The minimum atomic E-state index is -0.259. The van der Waals surface area contributed by atoms with E-state index in [2.05, 4.69) is 36.8 Å². The van der Waals surface area contributed by atoms with Crippen LogP contribution in [0.15, 0.2) is 51.4 Å². The van der Waals surface area contributed by atoms with Gasteiger partial charge in [0.25, 0.3) is 5.91 Å². The van der Waals surface area contributed by atoms with Crippen LogP contribution in [0, 0.1) is 6.92 Å². The van der Waals surface area contributed by atoms with Crippen LogP contribution in [0.4, 0.5) is 16.6 Å². The highest BCUT2D eigenvalue weighted by Crippen LogP contribution is 2.33. The van der Waals surface area contributed by atoms with Gasteiger partial charge in [0.1, 0.15) is 5.82 Å². The molecular weight excluding hydrogens is 482 g/mol. The fourth-order valence-corrected chi connectivity index (χ4v) is 3.54. The summed E-state index contributed by atoms with van der Waals surface area (Å²) >= 11 is 4.86. The van der Waals surface area contributed by atoms with Crippen molar-refractivity contribution in [3.8, 4) is 11.5 Å². The quantitative estimate of drug-likeness (QED) is 0.289. The molecule has 10 heteroatoms. The van der Waals surface area contributed by atoms with Gasteiger partial charge in [0, 0.05) is 21.1 Å². The van der Waals surface area contributed by atoms with Crippen LogP contribution in [-0.4, -0.2) is 30.3 Å². The van der Waals surface area contributed by atoms with Gasteiger partial charge in [0.05, 0.1) is 12.8 Å². The molecule has 0 fully saturated rings. The number of hydrazone groups is 1. The normalized spacial score (nSPS) is 10.8. The molecule has 1 aromatic heterocycles. The van der Waals surface area contributed by atoms with Crippen molar-refractivity contribution < 1.29 is 14.3 Å². The van der Waals surface area contributed by atoms with Crippen LogP contribution in [0.1, 0.15) is 18.1 Å². The van der Waals surface area contributed by atoms with Gasteiger partial charge in [0.15, 0.2) is 18.1 Å². The fraction of sp³-hybridized carbons (Fsp3) is 0.190. The Morgan fingerprint density at radius 2 is 2.06 bits per heavy atom. The van der Waals surface area contributed by atoms with Crippen LogP contribution in [0.25, 0.3) is 0 Å². The summed E-state index contributed by atoms with van der Waals surface area (Å²) in [6.45, 7) is 4.10. The van der Waals surface area contributed by atoms with Crippen molar-refractivity contribution in [3.63, 3.8) is 0 Å². The van der Waals surface area contributed by atoms with Gasteiger partial charge in [-0.05, 0) is 53.5 Å². The van der Waals surface area contributed by atoms with Gasteiger partial charge in [-0.3, -0.25) is 10.2 Å². The lowest BCUT2D eigenvalue weighted by Gasteiger charge is -2.14. The van der Waals surface area contributed by atoms with Crippen molar-refractivity contribution >= 4 is 56.0 Å². The third-order valence-electron chi connectivity index (χ3n) is 4.03. The Hall–Kier alpha value is -3.11. The Morgan fingerprint density at radius 3 is 2.77 bits per heavy atom. The Morgan fingerprint density at radius 1 is 1.29 bits per heavy atom. The molecule has 3 rings (SSSR count). The maximum absolute atomic E-state index is 12.3. The molecule has 1 amide bonds.